The monoisotopic (exact) mass is 307 g/mol. The van der Waals surface area contributed by atoms with Gasteiger partial charge in [0.15, 0.2) is 5.82 Å². The maximum atomic E-state index is 13.7. The Morgan fingerprint density at radius 2 is 2.15 bits per heavy atom. The van der Waals surface area contributed by atoms with Crippen LogP contribution in [0.1, 0.15) is 6.42 Å². The number of methoxy groups -OCH3 is 1. The van der Waals surface area contributed by atoms with Gasteiger partial charge < -0.3 is 10.5 Å². The van der Waals surface area contributed by atoms with E-state index in [4.69, 9.17) is 10.5 Å². The smallest absolute Gasteiger partial charge is 0.274 e. The molecule has 0 unspecified atom stereocenters. The van der Waals surface area contributed by atoms with Gasteiger partial charge in [-0.2, -0.15) is 0 Å². The van der Waals surface area contributed by atoms with Crippen LogP contribution in [0.3, 0.4) is 0 Å². The number of nitrogen functional groups attached to an aromatic ring is 1. The molecule has 0 heterocycles. The predicted molar refractivity (Wildman–Crippen MR) is 69.1 cm³/mol. The predicted octanol–water partition coefficient (Wildman–Crippen LogP) is 0.631. The molecule has 0 atom stereocenters. The van der Waals surface area contributed by atoms with Gasteiger partial charge in [-0.05, 0) is 6.42 Å². The third-order valence-electron chi connectivity index (χ3n) is 2.35. The number of benzene rings is 1. The molecule has 0 radical (unpaired) electrons. The van der Waals surface area contributed by atoms with Crippen molar-refractivity contribution in [2.24, 2.45) is 0 Å². The molecule has 0 spiro atoms. The van der Waals surface area contributed by atoms with Crippen LogP contribution in [0.25, 0.3) is 0 Å². The first kappa shape index (κ1) is 16.3. The number of nitrogens with one attached hydrogen (secondary N) is 1. The number of halogens is 1. The van der Waals surface area contributed by atoms with E-state index in [1.54, 1.807) is 0 Å². The highest BCUT2D eigenvalue weighted by Crippen LogP contribution is 2.27. The molecule has 0 aromatic heterocycles. The fourth-order valence-corrected chi connectivity index (χ4v) is 2.73. The number of nitrogens with zero attached hydrogens (tertiary/aromatic N) is 1. The van der Waals surface area contributed by atoms with Gasteiger partial charge in [-0.15, -0.1) is 0 Å². The van der Waals surface area contributed by atoms with Crippen LogP contribution in [0.15, 0.2) is 17.0 Å². The van der Waals surface area contributed by atoms with Gasteiger partial charge >= 0.3 is 0 Å². The highest BCUT2D eigenvalue weighted by Gasteiger charge is 2.25. The lowest BCUT2D eigenvalue weighted by Crippen LogP contribution is -2.27. The number of nitrogens with two attached hydrogens (primary N) is 1. The molecule has 0 aliphatic rings. The van der Waals surface area contributed by atoms with Crippen molar-refractivity contribution >= 4 is 21.4 Å². The van der Waals surface area contributed by atoms with E-state index in [0.29, 0.717) is 19.1 Å². The largest absolute Gasteiger partial charge is 0.397 e. The normalized spacial score (nSPS) is 11.5. The lowest BCUT2D eigenvalue weighted by molar-refractivity contribution is -0.385. The maximum absolute atomic E-state index is 13.7. The third kappa shape index (κ3) is 3.85. The molecule has 1 rings (SSSR count). The van der Waals surface area contributed by atoms with E-state index in [1.807, 2.05) is 0 Å². The van der Waals surface area contributed by atoms with Crippen molar-refractivity contribution in [1.82, 2.24) is 4.72 Å². The highest BCUT2D eigenvalue weighted by atomic mass is 32.2. The Morgan fingerprint density at radius 1 is 1.50 bits per heavy atom. The van der Waals surface area contributed by atoms with Crippen LogP contribution < -0.4 is 10.5 Å². The summed E-state index contributed by atoms with van der Waals surface area (Å²) in [5.41, 5.74) is 4.26. The third-order valence-corrected chi connectivity index (χ3v) is 3.91. The van der Waals surface area contributed by atoms with Crippen LogP contribution in [0.2, 0.25) is 0 Å². The summed E-state index contributed by atoms with van der Waals surface area (Å²) in [5, 5.41) is 10.5. The molecule has 0 amide bonds. The number of hydrogen-bond acceptors (Lipinski definition) is 6. The Kier molecular flexibility index (Phi) is 5.36. The Labute approximate surface area is 114 Å². The fourth-order valence-electron chi connectivity index (χ4n) is 1.48. The van der Waals surface area contributed by atoms with E-state index in [9.17, 15) is 22.9 Å². The number of hydrogen-bond donors (Lipinski definition) is 2. The zero-order valence-corrected chi connectivity index (χ0v) is 11.4. The molecule has 0 aliphatic heterocycles. The van der Waals surface area contributed by atoms with Crippen molar-refractivity contribution in [3.8, 4) is 0 Å². The van der Waals surface area contributed by atoms with Gasteiger partial charge in [0.1, 0.15) is 4.90 Å². The molecule has 0 fully saturated rings. The van der Waals surface area contributed by atoms with Gasteiger partial charge in [0, 0.05) is 26.3 Å². The molecule has 1 aromatic carbocycles. The van der Waals surface area contributed by atoms with Crippen molar-refractivity contribution in [3.63, 3.8) is 0 Å². The van der Waals surface area contributed by atoms with Crippen LogP contribution >= 0.6 is 0 Å². The van der Waals surface area contributed by atoms with E-state index in [0.717, 1.165) is 6.07 Å². The van der Waals surface area contributed by atoms with Gasteiger partial charge in [-0.1, -0.05) is 0 Å². The van der Waals surface area contributed by atoms with Gasteiger partial charge in [0.2, 0.25) is 10.0 Å². The summed E-state index contributed by atoms with van der Waals surface area (Å²) < 4.78 is 44.4. The van der Waals surface area contributed by atoms with E-state index in [-0.39, 0.29) is 6.54 Å². The topological polar surface area (TPSA) is 125 Å². The molecule has 8 nitrogen and oxygen atoms in total. The molecule has 0 saturated heterocycles. The molecule has 112 valence electrons. The minimum atomic E-state index is -4.17. The second kappa shape index (κ2) is 6.59. The van der Waals surface area contributed by atoms with Crippen molar-refractivity contribution in [1.29, 1.82) is 0 Å². The minimum Gasteiger partial charge on any atom is -0.397 e. The number of sulfonamides is 1. The van der Waals surface area contributed by atoms with E-state index >= 15 is 0 Å². The van der Waals surface area contributed by atoms with E-state index in [1.165, 1.54) is 7.11 Å². The Hall–Kier alpha value is -1.78. The average Bonchev–Trinajstić information content (AvgIpc) is 2.33. The molecule has 1 aromatic rings. The number of anilines is 1. The lowest BCUT2D eigenvalue weighted by atomic mass is 10.3. The first-order valence-electron chi connectivity index (χ1n) is 5.51. The molecule has 3 N–H and O–H groups in total. The first-order valence-corrected chi connectivity index (χ1v) is 7.00. The molecular weight excluding hydrogens is 293 g/mol. The van der Waals surface area contributed by atoms with Crippen molar-refractivity contribution in [2.45, 2.75) is 11.3 Å². The van der Waals surface area contributed by atoms with Gasteiger partial charge in [-0.25, -0.2) is 17.5 Å². The number of nitro groups is 1. The average molecular weight is 307 g/mol. The van der Waals surface area contributed by atoms with Crippen LogP contribution in [-0.4, -0.2) is 33.6 Å². The Balaban J connectivity index is 3.03. The van der Waals surface area contributed by atoms with E-state index in [2.05, 4.69) is 4.72 Å². The summed E-state index contributed by atoms with van der Waals surface area (Å²) in [5.74, 6) is -1.27. The minimum absolute atomic E-state index is 0.0338. The van der Waals surface area contributed by atoms with Crippen LogP contribution in [0.4, 0.5) is 15.8 Å². The van der Waals surface area contributed by atoms with Crippen LogP contribution in [-0.2, 0) is 14.8 Å². The SMILES string of the molecule is COCCCNS(=O)(=O)c1c(N)cc([N+](=O)[O-])cc1F. The zero-order valence-electron chi connectivity index (χ0n) is 10.6. The first-order chi connectivity index (χ1) is 9.29. The lowest BCUT2D eigenvalue weighted by Gasteiger charge is -2.09. The second-order valence-corrected chi connectivity index (χ2v) is 5.55. The second-order valence-electron chi connectivity index (χ2n) is 3.85. The summed E-state index contributed by atoms with van der Waals surface area (Å²) in [6.07, 6.45) is 0.393. The molecule has 10 heteroatoms. The summed E-state index contributed by atoms with van der Waals surface area (Å²) >= 11 is 0. The quantitative estimate of drug-likeness (QED) is 0.329. The van der Waals surface area contributed by atoms with Gasteiger partial charge in [-0.3, -0.25) is 10.1 Å². The summed E-state index contributed by atoms with van der Waals surface area (Å²) in [6, 6.07) is 1.31. The zero-order chi connectivity index (χ0) is 15.3. The van der Waals surface area contributed by atoms with Gasteiger partial charge in [0.05, 0.1) is 16.7 Å². The van der Waals surface area contributed by atoms with Crippen LogP contribution in [0.5, 0.6) is 0 Å². The molecular formula is C10H14FN3O5S. The van der Waals surface area contributed by atoms with Crippen molar-refractivity contribution in [2.75, 3.05) is 26.0 Å². The standard InChI is InChI=1S/C10H14FN3O5S/c1-19-4-2-3-13-20(17,18)10-8(11)5-7(14(15)16)6-9(10)12/h5-6,13H,2-4,12H2,1H3. The number of non-ortho nitro benzene ring substituents is 1. The Bertz CT molecular complexity index is 582. The number of rotatable bonds is 7. The maximum Gasteiger partial charge on any atom is 0.274 e. The molecule has 0 bridgehead atoms. The summed E-state index contributed by atoms with van der Waals surface area (Å²) in [4.78, 5) is 8.86. The fraction of sp³-hybridized carbons (Fsp3) is 0.400. The van der Waals surface area contributed by atoms with Crippen molar-refractivity contribution in [3.05, 3.63) is 28.1 Å². The van der Waals surface area contributed by atoms with Crippen LogP contribution in [0, 0.1) is 15.9 Å². The molecule has 0 saturated carbocycles. The summed E-state index contributed by atoms with van der Waals surface area (Å²) in [6.45, 7) is 0.368. The highest BCUT2D eigenvalue weighted by molar-refractivity contribution is 7.89. The molecule has 0 aliphatic carbocycles. The Morgan fingerprint density at radius 3 is 2.65 bits per heavy atom. The number of nitro benzene ring substituents is 1. The molecule has 20 heavy (non-hydrogen) atoms. The van der Waals surface area contributed by atoms with Gasteiger partial charge in [0.25, 0.3) is 5.69 Å². The number of ether oxygens (including phenoxy) is 1. The van der Waals surface area contributed by atoms with E-state index < -0.39 is 37.0 Å². The summed E-state index contributed by atoms with van der Waals surface area (Å²) in [7, 11) is -2.71. The van der Waals surface area contributed by atoms with Crippen molar-refractivity contribution < 1.29 is 22.5 Å².